The van der Waals surface area contributed by atoms with Gasteiger partial charge >= 0.3 is 0 Å². The summed E-state index contributed by atoms with van der Waals surface area (Å²) < 4.78 is 0. The van der Waals surface area contributed by atoms with Crippen LogP contribution in [0.15, 0.2) is 0 Å². The Kier molecular flexibility index (Phi) is 3.08. The van der Waals surface area contributed by atoms with Gasteiger partial charge in [0.05, 0.1) is 12.5 Å². The average molecular weight is 192 g/mol. The van der Waals surface area contributed by atoms with Crippen LogP contribution in [-0.4, -0.2) is 23.5 Å². The van der Waals surface area contributed by atoms with E-state index >= 15 is 0 Å². The zero-order valence-electron chi connectivity index (χ0n) is 9.08. The molecule has 2 heteroatoms. The molecule has 0 aromatic carbocycles. The smallest absolute Gasteiger partial charge is 0.0638 e. The highest BCUT2D eigenvalue weighted by Crippen LogP contribution is 2.37. The third-order valence-corrected chi connectivity index (χ3v) is 3.99. The molecule has 2 rings (SSSR count). The van der Waals surface area contributed by atoms with E-state index in [1.165, 1.54) is 38.6 Å². The van der Waals surface area contributed by atoms with Crippen molar-refractivity contribution in [3.63, 3.8) is 0 Å². The van der Waals surface area contributed by atoms with E-state index in [0.717, 1.165) is 12.0 Å². The summed E-state index contributed by atoms with van der Waals surface area (Å²) in [4.78, 5) is 2.60. The molecule has 0 amide bonds. The summed E-state index contributed by atoms with van der Waals surface area (Å²) in [7, 11) is 0. The summed E-state index contributed by atoms with van der Waals surface area (Å²) in [5.41, 5.74) is 0. The lowest BCUT2D eigenvalue weighted by atomic mass is 9.90. The van der Waals surface area contributed by atoms with E-state index in [1.54, 1.807) is 0 Å². The Morgan fingerprint density at radius 1 is 1.36 bits per heavy atom. The van der Waals surface area contributed by atoms with Gasteiger partial charge in [0.15, 0.2) is 0 Å². The van der Waals surface area contributed by atoms with Gasteiger partial charge in [-0.15, -0.1) is 0 Å². The summed E-state index contributed by atoms with van der Waals surface area (Å²) in [5.74, 6) is 0.949. The van der Waals surface area contributed by atoms with Crippen molar-refractivity contribution in [2.45, 2.75) is 57.5 Å². The van der Waals surface area contributed by atoms with E-state index in [4.69, 9.17) is 5.26 Å². The Bertz CT molecular complexity index is 231. The van der Waals surface area contributed by atoms with Gasteiger partial charge in [-0.2, -0.15) is 5.26 Å². The molecule has 3 unspecified atom stereocenters. The molecule has 2 nitrogen and oxygen atoms in total. The first-order valence-electron chi connectivity index (χ1n) is 5.95. The minimum absolute atomic E-state index is 0.478. The molecular formula is C12H20N2. The van der Waals surface area contributed by atoms with Crippen LogP contribution in [0.25, 0.3) is 0 Å². The van der Waals surface area contributed by atoms with Crippen molar-refractivity contribution in [3.05, 3.63) is 0 Å². The number of rotatable bonds is 2. The van der Waals surface area contributed by atoms with Gasteiger partial charge in [0.25, 0.3) is 0 Å². The van der Waals surface area contributed by atoms with E-state index in [1.807, 2.05) is 0 Å². The standard InChI is InChI=1S/C12H20N2/c1-10(7-8-13)14-9-3-5-11-4-2-6-12(11)14/h10-12H,2-7,9H2,1H3. The Morgan fingerprint density at radius 2 is 2.14 bits per heavy atom. The molecule has 0 spiro atoms. The lowest BCUT2D eigenvalue weighted by molar-refractivity contribution is 0.0765. The predicted molar refractivity (Wildman–Crippen MR) is 56.8 cm³/mol. The summed E-state index contributed by atoms with van der Waals surface area (Å²) >= 11 is 0. The number of fused-ring (bicyclic) bond motifs is 1. The summed E-state index contributed by atoms with van der Waals surface area (Å²) in [6.45, 7) is 3.44. The molecule has 3 atom stereocenters. The van der Waals surface area contributed by atoms with Crippen molar-refractivity contribution < 1.29 is 0 Å². The lowest BCUT2D eigenvalue weighted by Gasteiger charge is -2.41. The fourth-order valence-electron chi connectivity index (χ4n) is 3.29. The Balaban J connectivity index is 1.99. The number of hydrogen-bond acceptors (Lipinski definition) is 2. The van der Waals surface area contributed by atoms with E-state index in [2.05, 4.69) is 17.9 Å². The van der Waals surface area contributed by atoms with Gasteiger partial charge in [-0.1, -0.05) is 6.42 Å². The molecule has 1 saturated heterocycles. The highest BCUT2D eigenvalue weighted by Gasteiger charge is 2.36. The fraction of sp³-hybridized carbons (Fsp3) is 0.917. The number of likely N-dealkylation sites (tertiary alicyclic amines) is 1. The minimum atomic E-state index is 0.478. The van der Waals surface area contributed by atoms with Gasteiger partial charge in [-0.3, -0.25) is 4.90 Å². The van der Waals surface area contributed by atoms with Crippen molar-refractivity contribution in [1.82, 2.24) is 4.90 Å². The number of nitrogens with zero attached hydrogens (tertiary/aromatic N) is 2. The number of hydrogen-bond donors (Lipinski definition) is 0. The summed E-state index contributed by atoms with van der Waals surface area (Å²) in [5, 5.41) is 8.73. The molecule has 0 aromatic rings. The maximum absolute atomic E-state index is 8.73. The first kappa shape index (κ1) is 9.98. The predicted octanol–water partition coefficient (Wildman–Crippen LogP) is 2.55. The quantitative estimate of drug-likeness (QED) is 0.672. The second-order valence-corrected chi connectivity index (χ2v) is 4.85. The monoisotopic (exact) mass is 192 g/mol. The Hall–Kier alpha value is -0.550. The van der Waals surface area contributed by atoms with Crippen molar-refractivity contribution in [2.75, 3.05) is 6.54 Å². The molecule has 1 aliphatic heterocycles. The third-order valence-electron chi connectivity index (χ3n) is 3.99. The molecule has 14 heavy (non-hydrogen) atoms. The van der Waals surface area contributed by atoms with Crippen LogP contribution < -0.4 is 0 Å². The topological polar surface area (TPSA) is 27.0 Å². The van der Waals surface area contributed by atoms with Crippen LogP contribution in [-0.2, 0) is 0 Å². The van der Waals surface area contributed by atoms with Crippen LogP contribution in [0.3, 0.4) is 0 Å². The van der Waals surface area contributed by atoms with E-state index in [-0.39, 0.29) is 0 Å². The van der Waals surface area contributed by atoms with Crippen molar-refractivity contribution in [3.8, 4) is 6.07 Å². The second kappa shape index (κ2) is 4.31. The zero-order valence-corrected chi connectivity index (χ0v) is 9.08. The van der Waals surface area contributed by atoms with Gasteiger partial charge in [0, 0.05) is 12.1 Å². The largest absolute Gasteiger partial charge is 0.296 e. The SMILES string of the molecule is CC(CC#N)N1CCCC2CCCC21. The maximum Gasteiger partial charge on any atom is 0.0638 e. The third kappa shape index (κ3) is 1.79. The van der Waals surface area contributed by atoms with Crippen LogP contribution in [0.5, 0.6) is 0 Å². The van der Waals surface area contributed by atoms with Gasteiger partial charge in [-0.25, -0.2) is 0 Å². The molecule has 1 heterocycles. The van der Waals surface area contributed by atoms with Crippen LogP contribution in [0, 0.1) is 17.2 Å². The molecule has 2 aliphatic rings. The summed E-state index contributed by atoms with van der Waals surface area (Å²) in [6.07, 6.45) is 7.69. The number of nitriles is 1. The maximum atomic E-state index is 8.73. The molecule has 0 bridgehead atoms. The number of piperidine rings is 1. The minimum Gasteiger partial charge on any atom is -0.296 e. The van der Waals surface area contributed by atoms with E-state index in [9.17, 15) is 0 Å². The Morgan fingerprint density at radius 3 is 2.93 bits per heavy atom. The van der Waals surface area contributed by atoms with Crippen LogP contribution in [0.1, 0.15) is 45.4 Å². The van der Waals surface area contributed by atoms with Crippen molar-refractivity contribution >= 4 is 0 Å². The molecule has 2 fully saturated rings. The second-order valence-electron chi connectivity index (χ2n) is 4.85. The molecule has 0 N–H and O–H groups in total. The van der Waals surface area contributed by atoms with E-state index in [0.29, 0.717) is 12.5 Å². The molecule has 78 valence electrons. The molecule has 1 saturated carbocycles. The molecule has 1 aliphatic carbocycles. The molecule has 0 aromatic heterocycles. The Labute approximate surface area is 86.9 Å². The van der Waals surface area contributed by atoms with Crippen LogP contribution in [0.4, 0.5) is 0 Å². The van der Waals surface area contributed by atoms with Crippen molar-refractivity contribution in [1.29, 1.82) is 5.26 Å². The molecule has 0 radical (unpaired) electrons. The van der Waals surface area contributed by atoms with Gasteiger partial charge in [-0.05, 0) is 45.1 Å². The lowest BCUT2D eigenvalue weighted by Crippen LogP contribution is -2.47. The van der Waals surface area contributed by atoms with Crippen LogP contribution in [0.2, 0.25) is 0 Å². The first-order chi connectivity index (χ1) is 6.83. The van der Waals surface area contributed by atoms with Crippen molar-refractivity contribution in [2.24, 2.45) is 5.92 Å². The average Bonchev–Trinajstić information content (AvgIpc) is 2.65. The highest BCUT2D eigenvalue weighted by molar-refractivity contribution is 4.93. The van der Waals surface area contributed by atoms with E-state index < -0.39 is 0 Å². The normalized spacial score (nSPS) is 34.9. The van der Waals surface area contributed by atoms with Gasteiger partial charge in [0.1, 0.15) is 0 Å². The first-order valence-corrected chi connectivity index (χ1v) is 5.95. The fourth-order valence-corrected chi connectivity index (χ4v) is 3.29. The van der Waals surface area contributed by atoms with Gasteiger partial charge < -0.3 is 0 Å². The highest BCUT2D eigenvalue weighted by atomic mass is 15.2. The van der Waals surface area contributed by atoms with Gasteiger partial charge in [0.2, 0.25) is 0 Å². The zero-order chi connectivity index (χ0) is 9.97. The van der Waals surface area contributed by atoms with Crippen LogP contribution >= 0.6 is 0 Å². The summed E-state index contributed by atoms with van der Waals surface area (Å²) in [6, 6.07) is 3.59. The molecular weight excluding hydrogens is 172 g/mol.